The summed E-state index contributed by atoms with van der Waals surface area (Å²) in [5.74, 6) is -0.326. The minimum Gasteiger partial charge on any atom is -0.390 e. The third-order valence-electron chi connectivity index (χ3n) is 6.92. The van der Waals surface area contributed by atoms with Gasteiger partial charge in [-0.1, -0.05) is 24.3 Å². The molecule has 0 radical (unpaired) electrons. The highest BCUT2D eigenvalue weighted by atomic mass is 19.1. The van der Waals surface area contributed by atoms with E-state index in [0.29, 0.717) is 31.2 Å². The summed E-state index contributed by atoms with van der Waals surface area (Å²) in [6.45, 7) is 0. The summed E-state index contributed by atoms with van der Waals surface area (Å²) < 4.78 is 29.7. The number of aliphatic hydroxyl groups excluding tert-OH is 1. The Labute approximate surface area is 173 Å². The predicted octanol–water partition coefficient (Wildman–Crippen LogP) is 4.57. The van der Waals surface area contributed by atoms with Gasteiger partial charge >= 0.3 is 0 Å². The Morgan fingerprint density at radius 2 is 1.83 bits per heavy atom. The second-order valence-corrected chi connectivity index (χ2v) is 8.58. The van der Waals surface area contributed by atoms with Gasteiger partial charge in [-0.15, -0.1) is 0 Å². The Bertz CT molecular complexity index is 1060. The van der Waals surface area contributed by atoms with Crippen LogP contribution in [0.2, 0.25) is 0 Å². The first-order valence-corrected chi connectivity index (χ1v) is 10.4. The third kappa shape index (κ3) is 3.15. The van der Waals surface area contributed by atoms with Crippen LogP contribution in [0.15, 0.2) is 55.0 Å². The topological polar surface area (TPSA) is 58.3 Å². The van der Waals surface area contributed by atoms with E-state index in [1.165, 1.54) is 18.2 Å². The molecule has 2 N–H and O–H groups in total. The molecule has 0 spiro atoms. The van der Waals surface area contributed by atoms with E-state index in [2.05, 4.69) is 4.98 Å². The summed E-state index contributed by atoms with van der Waals surface area (Å²) in [4.78, 5) is 4.18. The van der Waals surface area contributed by atoms with E-state index in [9.17, 15) is 19.0 Å². The molecule has 3 aromatic rings. The van der Waals surface area contributed by atoms with Crippen LogP contribution in [-0.2, 0) is 0 Å². The zero-order valence-corrected chi connectivity index (χ0v) is 16.5. The first-order valence-electron chi connectivity index (χ1n) is 10.4. The molecule has 0 bridgehead atoms. The van der Waals surface area contributed by atoms with Crippen molar-refractivity contribution in [3.05, 3.63) is 77.8 Å². The van der Waals surface area contributed by atoms with Crippen LogP contribution in [0.5, 0.6) is 0 Å². The molecule has 156 valence electrons. The van der Waals surface area contributed by atoms with E-state index in [0.717, 1.165) is 16.8 Å². The largest absolute Gasteiger partial charge is 0.390 e. The fraction of sp³-hybridized carbons (Fsp3) is 0.375. The van der Waals surface area contributed by atoms with Gasteiger partial charge in [-0.3, -0.25) is 0 Å². The average Bonchev–Trinajstić information content (AvgIpc) is 3.33. The Morgan fingerprint density at radius 1 is 1.10 bits per heavy atom. The molecule has 2 aliphatic rings. The van der Waals surface area contributed by atoms with Gasteiger partial charge in [0, 0.05) is 17.5 Å². The minimum atomic E-state index is -1.22. The summed E-state index contributed by atoms with van der Waals surface area (Å²) in [7, 11) is 0. The van der Waals surface area contributed by atoms with Gasteiger partial charge in [-0.2, -0.15) is 0 Å². The van der Waals surface area contributed by atoms with Crippen molar-refractivity contribution in [2.75, 3.05) is 0 Å². The molecule has 5 rings (SSSR count). The zero-order valence-electron chi connectivity index (χ0n) is 16.5. The molecule has 6 heteroatoms. The van der Waals surface area contributed by atoms with Crippen molar-refractivity contribution in [3.63, 3.8) is 0 Å². The molecule has 30 heavy (non-hydrogen) atoms. The SMILES string of the molecule is OC(CC1c2c(F)cccc2-c2cncn21)C1(O)CCC(c2ccc(F)cc2)CC1. The van der Waals surface area contributed by atoms with Gasteiger partial charge in [0.15, 0.2) is 0 Å². The Kier molecular flexibility index (Phi) is 4.71. The zero-order chi connectivity index (χ0) is 20.9. The lowest BCUT2D eigenvalue weighted by Gasteiger charge is -2.40. The van der Waals surface area contributed by atoms with Crippen molar-refractivity contribution < 1.29 is 19.0 Å². The molecule has 0 saturated heterocycles. The Balaban J connectivity index is 1.33. The summed E-state index contributed by atoms with van der Waals surface area (Å²) in [6, 6.07) is 11.1. The molecular weight excluding hydrogens is 386 g/mol. The highest BCUT2D eigenvalue weighted by Crippen LogP contribution is 2.46. The number of fused-ring (bicyclic) bond motifs is 3. The highest BCUT2D eigenvalue weighted by Gasteiger charge is 2.43. The molecule has 1 aliphatic heterocycles. The molecule has 4 nitrogen and oxygen atoms in total. The number of aliphatic hydroxyl groups is 2. The quantitative estimate of drug-likeness (QED) is 0.662. The van der Waals surface area contributed by atoms with Gasteiger partial charge in [0.2, 0.25) is 0 Å². The van der Waals surface area contributed by atoms with E-state index < -0.39 is 17.7 Å². The molecule has 1 fully saturated rings. The maximum Gasteiger partial charge on any atom is 0.129 e. The predicted molar refractivity (Wildman–Crippen MR) is 109 cm³/mol. The highest BCUT2D eigenvalue weighted by molar-refractivity contribution is 5.69. The van der Waals surface area contributed by atoms with Crippen molar-refractivity contribution in [2.45, 2.75) is 55.8 Å². The van der Waals surface area contributed by atoms with E-state index in [1.54, 1.807) is 30.7 Å². The van der Waals surface area contributed by atoms with Crippen LogP contribution >= 0.6 is 0 Å². The van der Waals surface area contributed by atoms with Crippen molar-refractivity contribution in [1.29, 1.82) is 0 Å². The Morgan fingerprint density at radius 3 is 2.57 bits per heavy atom. The van der Waals surface area contributed by atoms with Crippen molar-refractivity contribution in [3.8, 4) is 11.3 Å². The smallest absolute Gasteiger partial charge is 0.129 e. The standard InChI is InChI=1S/C24H24F2N2O2/c25-17-6-4-15(5-7-17)16-8-10-24(30,11-9-16)22(29)12-20-23-18(2-1-3-19(23)26)21-13-27-14-28(20)21/h1-7,13-14,16,20,22,29-30H,8-12H2. The lowest BCUT2D eigenvalue weighted by Crippen LogP contribution is -2.46. The van der Waals surface area contributed by atoms with E-state index >= 15 is 0 Å². The molecule has 2 atom stereocenters. The second-order valence-electron chi connectivity index (χ2n) is 8.58. The number of rotatable bonds is 4. The number of hydrogen-bond donors (Lipinski definition) is 2. The van der Waals surface area contributed by atoms with Gasteiger partial charge < -0.3 is 14.8 Å². The van der Waals surface area contributed by atoms with Gasteiger partial charge in [0.1, 0.15) is 11.6 Å². The fourth-order valence-electron chi connectivity index (χ4n) is 5.18. The molecule has 1 aliphatic carbocycles. The van der Waals surface area contributed by atoms with Crippen molar-refractivity contribution >= 4 is 0 Å². The lowest BCUT2D eigenvalue weighted by atomic mass is 9.72. The molecule has 2 heterocycles. The molecule has 2 unspecified atom stereocenters. The van der Waals surface area contributed by atoms with E-state index in [4.69, 9.17) is 0 Å². The number of aromatic nitrogens is 2. The van der Waals surface area contributed by atoms with Gasteiger partial charge in [0.05, 0.1) is 36.0 Å². The molecular formula is C24H24F2N2O2. The molecule has 1 aromatic heterocycles. The minimum absolute atomic E-state index is 0.217. The van der Waals surface area contributed by atoms with Gasteiger partial charge in [-0.05, 0) is 55.4 Å². The first-order chi connectivity index (χ1) is 14.5. The van der Waals surface area contributed by atoms with Crippen LogP contribution in [0.1, 0.15) is 55.2 Å². The third-order valence-corrected chi connectivity index (χ3v) is 6.92. The number of halogens is 2. The van der Waals surface area contributed by atoms with Crippen LogP contribution in [0.4, 0.5) is 8.78 Å². The first kappa shape index (κ1) is 19.4. The second kappa shape index (κ2) is 7.29. The molecule has 2 aromatic carbocycles. The lowest BCUT2D eigenvalue weighted by molar-refractivity contribution is -0.105. The van der Waals surface area contributed by atoms with Crippen LogP contribution in [-0.4, -0.2) is 31.5 Å². The summed E-state index contributed by atoms with van der Waals surface area (Å²) in [5, 5.41) is 22.2. The summed E-state index contributed by atoms with van der Waals surface area (Å²) in [5.41, 5.74) is 2.01. The van der Waals surface area contributed by atoms with Crippen LogP contribution in [0.3, 0.4) is 0 Å². The number of benzene rings is 2. The summed E-state index contributed by atoms with van der Waals surface area (Å²) >= 11 is 0. The van der Waals surface area contributed by atoms with Crippen LogP contribution in [0.25, 0.3) is 11.3 Å². The maximum atomic E-state index is 14.6. The maximum absolute atomic E-state index is 14.6. The van der Waals surface area contributed by atoms with E-state index in [-0.39, 0.29) is 24.0 Å². The average molecular weight is 410 g/mol. The molecule has 0 amide bonds. The van der Waals surface area contributed by atoms with Gasteiger partial charge in [0.25, 0.3) is 0 Å². The number of hydrogen-bond acceptors (Lipinski definition) is 3. The number of nitrogens with zero attached hydrogens (tertiary/aromatic N) is 2. The van der Waals surface area contributed by atoms with E-state index in [1.807, 2.05) is 10.6 Å². The van der Waals surface area contributed by atoms with Crippen LogP contribution in [0, 0.1) is 11.6 Å². The Hall–Kier alpha value is -2.57. The van der Waals surface area contributed by atoms with Gasteiger partial charge in [-0.25, -0.2) is 13.8 Å². The normalized spacial score (nSPS) is 26.3. The van der Waals surface area contributed by atoms with Crippen molar-refractivity contribution in [1.82, 2.24) is 9.55 Å². The van der Waals surface area contributed by atoms with Crippen LogP contribution < -0.4 is 0 Å². The fourth-order valence-corrected chi connectivity index (χ4v) is 5.18. The number of imidazole rings is 1. The monoisotopic (exact) mass is 410 g/mol. The van der Waals surface area contributed by atoms with Crippen molar-refractivity contribution in [2.24, 2.45) is 0 Å². The summed E-state index contributed by atoms with van der Waals surface area (Å²) in [6.07, 6.45) is 4.91. The molecule has 1 saturated carbocycles.